The van der Waals surface area contributed by atoms with Gasteiger partial charge in [-0.2, -0.15) is 5.10 Å². The Morgan fingerprint density at radius 3 is 3.15 bits per heavy atom. The Kier molecular flexibility index (Phi) is 2.31. The van der Waals surface area contributed by atoms with E-state index in [-0.39, 0.29) is 0 Å². The molecule has 2 rings (SSSR count). The summed E-state index contributed by atoms with van der Waals surface area (Å²) in [6, 6.07) is 4.54. The number of rotatable bonds is 3. The first kappa shape index (κ1) is 8.31. The van der Waals surface area contributed by atoms with E-state index >= 15 is 0 Å². The summed E-state index contributed by atoms with van der Waals surface area (Å²) in [6.07, 6.45) is 3.63. The SMILES string of the molecule is CC(Nc1cn[nH]c1)c1cccs1. The first-order chi connectivity index (χ1) is 6.36. The second kappa shape index (κ2) is 3.62. The molecule has 0 radical (unpaired) electrons. The van der Waals surface area contributed by atoms with Gasteiger partial charge in [0.25, 0.3) is 0 Å². The summed E-state index contributed by atoms with van der Waals surface area (Å²) in [5.74, 6) is 0. The second-order valence-corrected chi connectivity index (χ2v) is 3.85. The summed E-state index contributed by atoms with van der Waals surface area (Å²) >= 11 is 1.76. The minimum atomic E-state index is 0.345. The van der Waals surface area contributed by atoms with E-state index in [1.165, 1.54) is 4.88 Å². The molecule has 0 aromatic carbocycles. The van der Waals surface area contributed by atoms with E-state index < -0.39 is 0 Å². The first-order valence-electron chi connectivity index (χ1n) is 4.15. The molecule has 0 aliphatic carbocycles. The third-order valence-corrected chi connectivity index (χ3v) is 2.91. The van der Waals surface area contributed by atoms with Crippen LogP contribution < -0.4 is 5.32 Å². The molecule has 2 aromatic rings. The summed E-state index contributed by atoms with van der Waals surface area (Å²) in [6.45, 7) is 2.14. The maximum absolute atomic E-state index is 3.87. The number of aromatic nitrogens is 2. The summed E-state index contributed by atoms with van der Waals surface area (Å²) in [5, 5.41) is 12.1. The molecule has 3 nitrogen and oxygen atoms in total. The van der Waals surface area contributed by atoms with Crippen LogP contribution in [-0.2, 0) is 0 Å². The van der Waals surface area contributed by atoms with Gasteiger partial charge < -0.3 is 5.32 Å². The van der Waals surface area contributed by atoms with Crippen LogP contribution in [0.25, 0.3) is 0 Å². The van der Waals surface area contributed by atoms with Crippen molar-refractivity contribution in [2.24, 2.45) is 0 Å². The van der Waals surface area contributed by atoms with Crippen molar-refractivity contribution in [3.8, 4) is 0 Å². The van der Waals surface area contributed by atoms with Crippen LogP contribution >= 0.6 is 11.3 Å². The highest BCUT2D eigenvalue weighted by Gasteiger charge is 2.05. The Morgan fingerprint density at radius 2 is 2.54 bits per heavy atom. The summed E-state index contributed by atoms with van der Waals surface area (Å²) < 4.78 is 0. The maximum atomic E-state index is 3.87. The van der Waals surface area contributed by atoms with E-state index in [1.54, 1.807) is 17.5 Å². The van der Waals surface area contributed by atoms with Gasteiger partial charge in [-0.05, 0) is 18.4 Å². The van der Waals surface area contributed by atoms with Crippen molar-refractivity contribution in [1.82, 2.24) is 10.2 Å². The van der Waals surface area contributed by atoms with Crippen molar-refractivity contribution >= 4 is 17.0 Å². The van der Waals surface area contributed by atoms with Gasteiger partial charge in [0.15, 0.2) is 0 Å². The molecular weight excluding hydrogens is 182 g/mol. The number of hydrogen-bond donors (Lipinski definition) is 2. The molecule has 2 N–H and O–H groups in total. The number of anilines is 1. The van der Waals surface area contributed by atoms with E-state index in [0.29, 0.717) is 6.04 Å². The molecule has 1 unspecified atom stereocenters. The van der Waals surface area contributed by atoms with Crippen molar-refractivity contribution in [2.75, 3.05) is 5.32 Å². The van der Waals surface area contributed by atoms with Crippen LogP contribution in [0.1, 0.15) is 17.8 Å². The molecule has 0 fully saturated rings. The van der Waals surface area contributed by atoms with Gasteiger partial charge in [0, 0.05) is 11.1 Å². The third kappa shape index (κ3) is 1.89. The Morgan fingerprint density at radius 1 is 1.62 bits per heavy atom. The fourth-order valence-corrected chi connectivity index (χ4v) is 1.92. The van der Waals surface area contributed by atoms with Gasteiger partial charge in [-0.3, -0.25) is 5.10 Å². The maximum Gasteiger partial charge on any atom is 0.0728 e. The van der Waals surface area contributed by atoms with Crippen molar-refractivity contribution in [3.05, 3.63) is 34.8 Å². The fraction of sp³-hybridized carbons (Fsp3) is 0.222. The molecule has 0 saturated heterocycles. The quantitative estimate of drug-likeness (QED) is 0.786. The van der Waals surface area contributed by atoms with Gasteiger partial charge in [0.1, 0.15) is 0 Å². The minimum Gasteiger partial charge on any atom is -0.375 e. The molecule has 13 heavy (non-hydrogen) atoms. The van der Waals surface area contributed by atoms with E-state index in [4.69, 9.17) is 0 Å². The Bertz CT molecular complexity index is 339. The fourth-order valence-electron chi connectivity index (χ4n) is 1.19. The lowest BCUT2D eigenvalue weighted by Gasteiger charge is -2.10. The average Bonchev–Trinajstić information content (AvgIpc) is 2.74. The average molecular weight is 193 g/mol. The summed E-state index contributed by atoms with van der Waals surface area (Å²) in [4.78, 5) is 1.33. The number of aromatic amines is 1. The Hall–Kier alpha value is -1.29. The normalized spacial score (nSPS) is 12.7. The highest BCUT2D eigenvalue weighted by molar-refractivity contribution is 7.10. The predicted molar refractivity (Wildman–Crippen MR) is 54.9 cm³/mol. The molecule has 0 saturated carbocycles. The lowest BCUT2D eigenvalue weighted by Crippen LogP contribution is -2.03. The lowest BCUT2D eigenvalue weighted by atomic mass is 10.3. The van der Waals surface area contributed by atoms with Crippen LogP contribution in [0.15, 0.2) is 29.9 Å². The molecule has 0 spiro atoms. The van der Waals surface area contributed by atoms with Gasteiger partial charge in [-0.15, -0.1) is 11.3 Å². The third-order valence-electron chi connectivity index (χ3n) is 1.85. The van der Waals surface area contributed by atoms with Crippen molar-refractivity contribution in [1.29, 1.82) is 0 Å². The summed E-state index contributed by atoms with van der Waals surface area (Å²) in [5.41, 5.74) is 1.03. The number of hydrogen-bond acceptors (Lipinski definition) is 3. The van der Waals surface area contributed by atoms with Gasteiger partial charge >= 0.3 is 0 Å². The monoisotopic (exact) mass is 193 g/mol. The number of H-pyrrole nitrogens is 1. The molecule has 68 valence electrons. The largest absolute Gasteiger partial charge is 0.375 e. The zero-order valence-electron chi connectivity index (χ0n) is 7.32. The van der Waals surface area contributed by atoms with Crippen LogP contribution in [0.5, 0.6) is 0 Å². The number of nitrogens with zero attached hydrogens (tertiary/aromatic N) is 1. The molecule has 2 heterocycles. The van der Waals surface area contributed by atoms with E-state index in [2.05, 4.69) is 40.0 Å². The van der Waals surface area contributed by atoms with Crippen molar-refractivity contribution in [3.63, 3.8) is 0 Å². The number of thiophene rings is 1. The molecule has 2 aromatic heterocycles. The predicted octanol–water partition coefficient (Wildman–Crippen LogP) is 2.64. The van der Waals surface area contributed by atoms with E-state index in [9.17, 15) is 0 Å². The van der Waals surface area contributed by atoms with Crippen molar-refractivity contribution in [2.45, 2.75) is 13.0 Å². The smallest absolute Gasteiger partial charge is 0.0728 e. The highest BCUT2D eigenvalue weighted by Crippen LogP contribution is 2.21. The van der Waals surface area contributed by atoms with Gasteiger partial charge in [0.2, 0.25) is 0 Å². The highest BCUT2D eigenvalue weighted by atomic mass is 32.1. The first-order valence-corrected chi connectivity index (χ1v) is 5.03. The van der Waals surface area contributed by atoms with Crippen LogP contribution in [0.2, 0.25) is 0 Å². The van der Waals surface area contributed by atoms with Gasteiger partial charge in [-0.1, -0.05) is 6.07 Å². The zero-order valence-corrected chi connectivity index (χ0v) is 8.14. The number of nitrogens with one attached hydrogen (secondary N) is 2. The molecule has 0 aliphatic heterocycles. The van der Waals surface area contributed by atoms with E-state index in [0.717, 1.165) is 5.69 Å². The molecule has 4 heteroatoms. The van der Waals surface area contributed by atoms with E-state index in [1.807, 2.05) is 6.20 Å². The van der Waals surface area contributed by atoms with Gasteiger partial charge in [0.05, 0.1) is 17.9 Å². The topological polar surface area (TPSA) is 40.7 Å². The van der Waals surface area contributed by atoms with Crippen molar-refractivity contribution < 1.29 is 0 Å². The molecular formula is C9H11N3S. The van der Waals surface area contributed by atoms with Crippen LogP contribution in [0.3, 0.4) is 0 Å². The summed E-state index contributed by atoms with van der Waals surface area (Å²) in [7, 11) is 0. The van der Waals surface area contributed by atoms with Crippen LogP contribution in [0.4, 0.5) is 5.69 Å². The molecule has 1 atom stereocenters. The Labute approximate surface area is 80.8 Å². The van der Waals surface area contributed by atoms with Gasteiger partial charge in [-0.25, -0.2) is 0 Å². The second-order valence-electron chi connectivity index (χ2n) is 2.87. The molecule has 0 aliphatic rings. The Balaban J connectivity index is 2.04. The molecule has 0 amide bonds. The van der Waals surface area contributed by atoms with Crippen LogP contribution in [-0.4, -0.2) is 10.2 Å². The zero-order chi connectivity index (χ0) is 9.10. The molecule has 0 bridgehead atoms. The minimum absolute atomic E-state index is 0.345. The van der Waals surface area contributed by atoms with Crippen LogP contribution in [0, 0.1) is 0 Å². The lowest BCUT2D eigenvalue weighted by molar-refractivity contribution is 0.908. The standard InChI is InChI=1S/C9H11N3S/c1-7(9-3-2-4-13-9)12-8-5-10-11-6-8/h2-7,12H,1H3,(H,10,11).